The van der Waals surface area contributed by atoms with Crippen molar-refractivity contribution in [2.75, 3.05) is 50.7 Å². The maximum absolute atomic E-state index is 13.8. The number of fused-ring (bicyclic) bond motifs is 1. The van der Waals surface area contributed by atoms with Crippen LogP contribution in [-0.4, -0.2) is 87.8 Å². The van der Waals surface area contributed by atoms with Gasteiger partial charge in [0, 0.05) is 55.8 Å². The number of rotatable bonds is 5. The zero-order valence-corrected chi connectivity index (χ0v) is 21.8. The fraction of sp³-hybridized carbons (Fsp3) is 0.577. The van der Waals surface area contributed by atoms with E-state index in [1.54, 1.807) is 6.33 Å². The van der Waals surface area contributed by atoms with Crippen molar-refractivity contribution >= 4 is 27.7 Å². The molecule has 1 aliphatic carbocycles. The number of aliphatic hydroxyl groups is 2. The van der Waals surface area contributed by atoms with E-state index in [9.17, 15) is 15.0 Å². The number of hydrogen-bond donors (Lipinski definition) is 2. The van der Waals surface area contributed by atoms with E-state index in [1.807, 2.05) is 29.2 Å². The third-order valence-corrected chi connectivity index (χ3v) is 8.27. The van der Waals surface area contributed by atoms with Gasteiger partial charge in [0.25, 0.3) is 0 Å². The summed E-state index contributed by atoms with van der Waals surface area (Å²) in [5, 5.41) is 20.2. The minimum Gasteiger partial charge on any atom is -0.393 e. The van der Waals surface area contributed by atoms with Crippen molar-refractivity contribution in [3.05, 3.63) is 51.9 Å². The normalized spacial score (nSPS) is 24.5. The van der Waals surface area contributed by atoms with Gasteiger partial charge in [-0.2, -0.15) is 0 Å². The van der Waals surface area contributed by atoms with Gasteiger partial charge in [-0.05, 0) is 42.9 Å². The van der Waals surface area contributed by atoms with Crippen LogP contribution in [0.3, 0.4) is 0 Å². The Morgan fingerprint density at radius 3 is 2.43 bits per heavy atom. The lowest BCUT2D eigenvalue weighted by molar-refractivity contribution is -0.133. The molecule has 3 atom stereocenters. The Morgan fingerprint density at radius 1 is 1.06 bits per heavy atom. The number of nitrogens with zero attached hydrogens (tertiary/aromatic N) is 5. The van der Waals surface area contributed by atoms with Gasteiger partial charge in [-0.25, -0.2) is 9.97 Å². The molecule has 3 aliphatic rings. The van der Waals surface area contributed by atoms with Crippen molar-refractivity contribution in [1.29, 1.82) is 0 Å². The zero-order chi connectivity index (χ0) is 24.5. The molecule has 0 radical (unpaired) electrons. The summed E-state index contributed by atoms with van der Waals surface area (Å²) in [6.45, 7) is 7.12. The van der Waals surface area contributed by atoms with Gasteiger partial charge in [0.05, 0.1) is 23.8 Å². The summed E-state index contributed by atoms with van der Waals surface area (Å²) in [4.78, 5) is 29.2. The number of carbonyl (C=O) groups excluding carboxylic acids is 1. The Kier molecular flexibility index (Phi) is 7.39. The monoisotopic (exact) mass is 543 g/mol. The Labute approximate surface area is 215 Å². The minimum absolute atomic E-state index is 0.162. The number of piperidine rings is 1. The van der Waals surface area contributed by atoms with Gasteiger partial charge in [0.15, 0.2) is 0 Å². The number of likely N-dealkylation sites (tertiary alicyclic amines) is 1. The van der Waals surface area contributed by atoms with Crippen molar-refractivity contribution in [3.63, 3.8) is 0 Å². The third kappa shape index (κ3) is 5.23. The molecule has 9 heteroatoms. The SMILES string of the molecule is C[C@@H]1C[C@@H](O)c2ncnc(N3CCN(C(=O)C(CN4CCC(O)CC4)c4ccc(Br)cc4)CC3)c21. The minimum atomic E-state index is -0.521. The van der Waals surface area contributed by atoms with Crippen LogP contribution in [0, 0.1) is 0 Å². The summed E-state index contributed by atoms with van der Waals surface area (Å²) >= 11 is 3.51. The zero-order valence-electron chi connectivity index (χ0n) is 20.2. The predicted octanol–water partition coefficient (Wildman–Crippen LogP) is 2.67. The summed E-state index contributed by atoms with van der Waals surface area (Å²) in [6.07, 6.45) is 3.00. The summed E-state index contributed by atoms with van der Waals surface area (Å²) in [7, 11) is 0. The molecule has 1 unspecified atom stereocenters. The van der Waals surface area contributed by atoms with E-state index in [0.29, 0.717) is 39.1 Å². The van der Waals surface area contributed by atoms with Gasteiger partial charge >= 0.3 is 0 Å². The topological polar surface area (TPSA) is 93.0 Å². The van der Waals surface area contributed by atoms with Crippen molar-refractivity contribution < 1.29 is 15.0 Å². The van der Waals surface area contributed by atoms with E-state index in [1.165, 1.54) is 0 Å². The largest absolute Gasteiger partial charge is 0.393 e. The van der Waals surface area contributed by atoms with Gasteiger partial charge < -0.3 is 24.9 Å². The highest BCUT2D eigenvalue weighted by molar-refractivity contribution is 9.10. The molecule has 0 spiro atoms. The number of amides is 1. The number of benzene rings is 1. The molecule has 2 aromatic rings. The molecule has 188 valence electrons. The van der Waals surface area contributed by atoms with Gasteiger partial charge in [0.1, 0.15) is 12.1 Å². The average molecular weight is 544 g/mol. The van der Waals surface area contributed by atoms with E-state index in [-0.39, 0.29) is 23.8 Å². The van der Waals surface area contributed by atoms with Crippen molar-refractivity contribution in [2.24, 2.45) is 0 Å². The van der Waals surface area contributed by atoms with E-state index in [2.05, 4.69) is 42.6 Å². The van der Waals surface area contributed by atoms with Gasteiger partial charge in [-0.3, -0.25) is 4.79 Å². The van der Waals surface area contributed by atoms with Crippen LogP contribution in [0.5, 0.6) is 0 Å². The first-order valence-corrected chi connectivity index (χ1v) is 13.4. The number of aromatic nitrogens is 2. The maximum Gasteiger partial charge on any atom is 0.231 e. The summed E-state index contributed by atoms with van der Waals surface area (Å²) in [6, 6.07) is 8.08. The second-order valence-electron chi connectivity index (χ2n) is 10.1. The predicted molar refractivity (Wildman–Crippen MR) is 137 cm³/mol. The lowest BCUT2D eigenvalue weighted by atomic mass is 9.95. The van der Waals surface area contributed by atoms with Crippen LogP contribution < -0.4 is 4.90 Å². The quantitative estimate of drug-likeness (QED) is 0.598. The highest BCUT2D eigenvalue weighted by Crippen LogP contribution is 2.42. The number of hydrogen-bond acceptors (Lipinski definition) is 7. The molecule has 1 aromatic heterocycles. The second kappa shape index (κ2) is 10.5. The number of halogens is 1. The molecule has 3 heterocycles. The van der Waals surface area contributed by atoms with E-state index < -0.39 is 6.10 Å². The lowest BCUT2D eigenvalue weighted by Gasteiger charge is -2.39. The fourth-order valence-corrected chi connectivity index (χ4v) is 5.96. The lowest BCUT2D eigenvalue weighted by Crippen LogP contribution is -2.52. The smallest absolute Gasteiger partial charge is 0.231 e. The molecule has 35 heavy (non-hydrogen) atoms. The van der Waals surface area contributed by atoms with Crippen LogP contribution >= 0.6 is 15.9 Å². The molecule has 1 aromatic carbocycles. The van der Waals surface area contributed by atoms with Crippen LogP contribution in [0.15, 0.2) is 35.1 Å². The first-order chi connectivity index (χ1) is 16.9. The van der Waals surface area contributed by atoms with Crippen molar-refractivity contribution in [1.82, 2.24) is 19.8 Å². The Bertz CT molecular complexity index is 1040. The second-order valence-corrected chi connectivity index (χ2v) is 11.0. The molecule has 0 saturated carbocycles. The van der Waals surface area contributed by atoms with E-state index >= 15 is 0 Å². The molecule has 2 aliphatic heterocycles. The molecular weight excluding hydrogens is 510 g/mol. The average Bonchev–Trinajstić information content (AvgIpc) is 3.17. The Hall–Kier alpha value is -2.07. The Balaban J connectivity index is 1.29. The molecule has 2 fully saturated rings. The number of anilines is 1. The van der Waals surface area contributed by atoms with Gasteiger partial charge in [0.2, 0.25) is 5.91 Å². The number of piperazine rings is 1. The molecule has 2 saturated heterocycles. The molecule has 2 N–H and O–H groups in total. The Morgan fingerprint density at radius 2 is 1.74 bits per heavy atom. The standard InChI is InChI=1S/C26H34BrN5O3/c1-17-14-22(34)24-23(17)25(29-16-28-24)31-10-12-32(13-11-31)26(35)21(18-2-4-19(27)5-3-18)15-30-8-6-20(33)7-9-30/h2-5,16-17,20-22,33-34H,6-15H2,1H3/t17-,21?,22-/m1/s1. The first-order valence-electron chi connectivity index (χ1n) is 12.6. The highest BCUT2D eigenvalue weighted by atomic mass is 79.9. The van der Waals surface area contributed by atoms with Crippen LogP contribution in [0.2, 0.25) is 0 Å². The third-order valence-electron chi connectivity index (χ3n) is 7.74. The van der Waals surface area contributed by atoms with E-state index in [4.69, 9.17) is 0 Å². The summed E-state index contributed by atoms with van der Waals surface area (Å²) in [5.41, 5.74) is 2.84. The van der Waals surface area contributed by atoms with Crippen LogP contribution in [0.4, 0.5) is 5.82 Å². The first kappa shape index (κ1) is 24.6. The van der Waals surface area contributed by atoms with Gasteiger partial charge in [-0.1, -0.05) is 35.0 Å². The summed E-state index contributed by atoms with van der Waals surface area (Å²) in [5.74, 6) is 1.06. The van der Waals surface area contributed by atoms with Crippen LogP contribution in [-0.2, 0) is 4.79 Å². The molecule has 0 bridgehead atoms. The maximum atomic E-state index is 13.8. The molecule has 5 rings (SSSR count). The molecular formula is C26H34BrN5O3. The number of aliphatic hydroxyl groups excluding tert-OH is 2. The molecule has 8 nitrogen and oxygen atoms in total. The molecule has 1 amide bonds. The van der Waals surface area contributed by atoms with Gasteiger partial charge in [-0.15, -0.1) is 0 Å². The van der Waals surface area contributed by atoms with Crippen LogP contribution in [0.1, 0.15) is 60.9 Å². The van der Waals surface area contributed by atoms with E-state index in [0.717, 1.165) is 53.0 Å². The van der Waals surface area contributed by atoms with Crippen LogP contribution in [0.25, 0.3) is 0 Å². The fourth-order valence-electron chi connectivity index (χ4n) is 5.69. The van der Waals surface area contributed by atoms with Crippen molar-refractivity contribution in [3.8, 4) is 0 Å². The number of carbonyl (C=O) groups is 1. The highest BCUT2D eigenvalue weighted by Gasteiger charge is 2.35. The summed E-state index contributed by atoms with van der Waals surface area (Å²) < 4.78 is 0.999. The van der Waals surface area contributed by atoms with Crippen molar-refractivity contribution in [2.45, 2.75) is 50.2 Å².